The van der Waals surface area contributed by atoms with Crippen LogP contribution < -0.4 is 0 Å². The number of rotatable bonds is 6. The topological polar surface area (TPSA) is 81.7 Å². The van der Waals surface area contributed by atoms with Gasteiger partial charge in [0.2, 0.25) is 0 Å². The standard InChI is InChI=1S/C10H11Br2N3OS.C10H11Br2N3S/c1-3-5-4-6(15(2)14-5)7(16)8-9(11)13-10(12)17-8;1-3-6-4-7(15(2)14-6)5-8-9(11)13-10(12)16-8/h4,7,16H,3H2,1-2H3;4H,3,5H2,1-2H3. The second-order valence-electron chi connectivity index (χ2n) is 7.02. The predicted octanol–water partition coefficient (Wildman–Crippen LogP) is 6.60. The van der Waals surface area contributed by atoms with Gasteiger partial charge in [0.05, 0.1) is 22.0 Å². The number of thiazole rings is 2. The molecule has 0 saturated heterocycles. The summed E-state index contributed by atoms with van der Waals surface area (Å²) >= 11 is 16.6. The van der Waals surface area contributed by atoms with Crippen molar-refractivity contribution in [2.45, 2.75) is 39.2 Å². The van der Waals surface area contributed by atoms with Crippen LogP contribution in [0.3, 0.4) is 0 Å². The lowest BCUT2D eigenvalue weighted by molar-refractivity contribution is 0.212. The van der Waals surface area contributed by atoms with Crippen molar-refractivity contribution in [1.29, 1.82) is 0 Å². The zero-order valence-electron chi connectivity index (χ0n) is 18.3. The summed E-state index contributed by atoms with van der Waals surface area (Å²) in [5.41, 5.74) is 4.10. The lowest BCUT2D eigenvalue weighted by atomic mass is 10.2. The first-order valence-corrected chi connectivity index (χ1v) is 14.8. The fourth-order valence-electron chi connectivity index (χ4n) is 3.05. The SMILES string of the molecule is CCc1cc(C(O)c2sc(Br)nc2Br)n(C)n1.CCc1cc(Cc2sc(Br)nc2Br)n(C)n1. The number of halogens is 4. The predicted molar refractivity (Wildman–Crippen MR) is 147 cm³/mol. The summed E-state index contributed by atoms with van der Waals surface area (Å²) in [5.74, 6) is 0. The molecule has 1 N–H and O–H groups in total. The van der Waals surface area contributed by atoms with Gasteiger partial charge in [0.1, 0.15) is 15.3 Å². The largest absolute Gasteiger partial charge is 0.381 e. The molecule has 13 heteroatoms. The van der Waals surface area contributed by atoms with E-state index in [1.807, 2.05) is 31.8 Å². The van der Waals surface area contributed by atoms with Crippen molar-refractivity contribution in [2.75, 3.05) is 0 Å². The Kier molecular flexibility index (Phi) is 9.87. The van der Waals surface area contributed by atoms with Gasteiger partial charge in [0, 0.05) is 31.1 Å². The molecule has 4 rings (SSSR count). The van der Waals surface area contributed by atoms with Crippen LogP contribution in [0.1, 0.15) is 52.5 Å². The number of hydrogen-bond acceptors (Lipinski definition) is 7. The Bertz CT molecular complexity index is 1230. The van der Waals surface area contributed by atoms with E-state index in [9.17, 15) is 5.11 Å². The molecule has 0 spiro atoms. The molecule has 0 aliphatic carbocycles. The Hall–Kier alpha value is -0.440. The van der Waals surface area contributed by atoms with Gasteiger partial charge in [-0.3, -0.25) is 9.36 Å². The molecule has 0 saturated carbocycles. The summed E-state index contributed by atoms with van der Waals surface area (Å²) in [6.45, 7) is 4.16. The first-order chi connectivity index (χ1) is 15.6. The molecule has 1 atom stereocenters. The third-order valence-corrected chi connectivity index (χ3v) is 9.65. The van der Waals surface area contributed by atoms with Gasteiger partial charge in [-0.25, -0.2) is 9.97 Å². The van der Waals surface area contributed by atoms with Crippen LogP contribution in [0.25, 0.3) is 0 Å². The second kappa shape index (κ2) is 12.0. The van der Waals surface area contributed by atoms with Gasteiger partial charge in [0.15, 0.2) is 7.83 Å². The maximum absolute atomic E-state index is 10.3. The zero-order valence-corrected chi connectivity index (χ0v) is 26.3. The molecule has 0 aliphatic rings. The van der Waals surface area contributed by atoms with E-state index in [4.69, 9.17) is 0 Å². The highest BCUT2D eigenvalue weighted by molar-refractivity contribution is 9.11. The quantitative estimate of drug-likeness (QED) is 0.241. The van der Waals surface area contributed by atoms with Crippen molar-refractivity contribution in [3.63, 3.8) is 0 Å². The highest BCUT2D eigenvalue weighted by Gasteiger charge is 2.21. The average molecular weight is 746 g/mol. The molecule has 4 aromatic heterocycles. The van der Waals surface area contributed by atoms with Gasteiger partial charge in [-0.15, -0.1) is 22.7 Å². The average Bonchev–Trinajstić information content (AvgIpc) is 3.49. The summed E-state index contributed by atoms with van der Waals surface area (Å²) in [6.07, 6.45) is 1.99. The summed E-state index contributed by atoms with van der Waals surface area (Å²) < 4.78 is 6.90. The monoisotopic (exact) mass is 742 g/mol. The van der Waals surface area contributed by atoms with Gasteiger partial charge in [0.25, 0.3) is 0 Å². The fourth-order valence-corrected chi connectivity index (χ4v) is 7.80. The number of aromatic nitrogens is 6. The van der Waals surface area contributed by atoms with Crippen LogP contribution in [-0.4, -0.2) is 34.6 Å². The number of aliphatic hydroxyl groups excluding tert-OH is 1. The van der Waals surface area contributed by atoms with Crippen LogP contribution in [0.15, 0.2) is 29.2 Å². The van der Waals surface area contributed by atoms with Gasteiger partial charge >= 0.3 is 0 Å². The maximum Gasteiger partial charge on any atom is 0.160 e. The third-order valence-electron chi connectivity index (χ3n) is 4.80. The van der Waals surface area contributed by atoms with Crippen LogP contribution in [-0.2, 0) is 33.4 Å². The normalized spacial score (nSPS) is 12.0. The van der Waals surface area contributed by atoms with Gasteiger partial charge < -0.3 is 5.11 Å². The fraction of sp³-hybridized carbons (Fsp3) is 0.400. The van der Waals surface area contributed by atoms with Crippen LogP contribution in [0.2, 0.25) is 0 Å². The number of aliphatic hydroxyl groups is 1. The molecule has 0 bridgehead atoms. The lowest BCUT2D eigenvalue weighted by Crippen LogP contribution is -2.05. The zero-order chi connectivity index (χ0) is 24.3. The molecule has 0 radical (unpaired) electrons. The molecular weight excluding hydrogens is 724 g/mol. The van der Waals surface area contributed by atoms with Crippen LogP contribution >= 0.6 is 86.4 Å². The number of nitrogens with zero attached hydrogens (tertiary/aromatic N) is 6. The van der Waals surface area contributed by atoms with Crippen LogP contribution in [0, 0.1) is 0 Å². The molecule has 7 nitrogen and oxygen atoms in total. The highest BCUT2D eigenvalue weighted by atomic mass is 79.9. The summed E-state index contributed by atoms with van der Waals surface area (Å²) in [7, 11) is 3.82. The van der Waals surface area contributed by atoms with Crippen molar-refractivity contribution >= 4 is 86.4 Å². The molecule has 33 heavy (non-hydrogen) atoms. The van der Waals surface area contributed by atoms with Crippen LogP contribution in [0.4, 0.5) is 0 Å². The molecule has 0 fully saturated rings. The Morgan fingerprint density at radius 2 is 1.45 bits per heavy atom. The van der Waals surface area contributed by atoms with Crippen molar-refractivity contribution in [2.24, 2.45) is 14.1 Å². The van der Waals surface area contributed by atoms with Crippen molar-refractivity contribution in [3.8, 4) is 0 Å². The lowest BCUT2D eigenvalue weighted by Gasteiger charge is -2.08. The van der Waals surface area contributed by atoms with E-state index in [-0.39, 0.29) is 0 Å². The third kappa shape index (κ3) is 6.83. The Balaban J connectivity index is 0.000000186. The van der Waals surface area contributed by atoms with E-state index < -0.39 is 6.10 Å². The molecule has 1 unspecified atom stereocenters. The molecule has 4 heterocycles. The summed E-state index contributed by atoms with van der Waals surface area (Å²) in [4.78, 5) is 10.5. The molecular formula is C20H22Br4N6OS2. The van der Waals surface area contributed by atoms with E-state index in [0.29, 0.717) is 4.60 Å². The van der Waals surface area contributed by atoms with Gasteiger partial charge in [-0.05, 0) is 88.7 Å². The van der Waals surface area contributed by atoms with Crippen molar-refractivity contribution in [3.05, 3.63) is 61.7 Å². The van der Waals surface area contributed by atoms with Crippen LogP contribution in [0.5, 0.6) is 0 Å². The molecule has 0 amide bonds. The highest BCUT2D eigenvalue weighted by Crippen LogP contribution is 2.35. The van der Waals surface area contributed by atoms with Gasteiger partial charge in [-0.2, -0.15) is 10.2 Å². The van der Waals surface area contributed by atoms with Crippen molar-refractivity contribution < 1.29 is 5.11 Å². The maximum atomic E-state index is 10.3. The minimum Gasteiger partial charge on any atom is -0.381 e. The first kappa shape index (κ1) is 27.2. The first-order valence-electron chi connectivity index (χ1n) is 9.97. The Labute approximate surface area is 234 Å². The molecule has 178 valence electrons. The molecule has 0 aliphatic heterocycles. The number of hydrogen-bond donors (Lipinski definition) is 1. The summed E-state index contributed by atoms with van der Waals surface area (Å²) in [5, 5.41) is 19.1. The minimum atomic E-state index is -0.703. The van der Waals surface area contributed by atoms with Crippen molar-refractivity contribution in [1.82, 2.24) is 29.5 Å². The van der Waals surface area contributed by atoms with E-state index in [1.165, 1.54) is 21.9 Å². The number of aryl methyl sites for hydroxylation is 4. The van der Waals surface area contributed by atoms with E-state index >= 15 is 0 Å². The second-order valence-corrected chi connectivity index (χ2v) is 13.2. The molecule has 0 aromatic carbocycles. The Morgan fingerprint density at radius 1 is 0.879 bits per heavy atom. The smallest absolute Gasteiger partial charge is 0.160 e. The van der Waals surface area contributed by atoms with Gasteiger partial charge in [-0.1, -0.05) is 13.8 Å². The minimum absolute atomic E-state index is 0.668. The van der Waals surface area contributed by atoms with E-state index in [1.54, 1.807) is 16.0 Å². The summed E-state index contributed by atoms with van der Waals surface area (Å²) in [6, 6.07) is 4.07. The van der Waals surface area contributed by atoms with E-state index in [2.05, 4.69) is 96.9 Å². The Morgan fingerprint density at radius 3 is 1.94 bits per heavy atom. The van der Waals surface area contributed by atoms with E-state index in [0.717, 1.165) is 53.7 Å². The molecule has 4 aromatic rings.